The van der Waals surface area contributed by atoms with Gasteiger partial charge in [0.05, 0.1) is 20.6 Å². The standard InChI is InChI=1S/C27H22Cl3F7O2/c1-13(6-17(38)8-14-2-3-14)7-24(39)18-5-4-15(9-20(18)27(35,36)37)23(31)12-19(26(32,33)34)16-10-21(28)25(30)22(29)11-16/h4-5,9-14,19H,2-3,6-8H2,1H3/b23-12-/t13-,19?/m1/s1. The van der Waals surface area contributed by atoms with Crippen molar-refractivity contribution in [3.63, 3.8) is 0 Å². The SMILES string of the molecule is C[C@H](CC(=O)CC1CC1)CC(=O)c1ccc(/C(F)=C/C(c2cc(Cl)c(Cl)c(Cl)c2)C(F)(F)F)cc1C(F)(F)F. The summed E-state index contributed by atoms with van der Waals surface area (Å²) in [6.45, 7) is 1.57. The molecule has 1 saturated carbocycles. The molecule has 2 atom stereocenters. The predicted octanol–water partition coefficient (Wildman–Crippen LogP) is 10.3. The zero-order chi connectivity index (χ0) is 29.3. The van der Waals surface area contributed by atoms with Crippen molar-refractivity contribution in [2.45, 2.75) is 57.3 Å². The number of Topliss-reactive ketones (excluding diaryl/α,β-unsaturated/α-hetero) is 2. The third kappa shape index (κ3) is 8.44. The first-order chi connectivity index (χ1) is 18.0. The number of ketones is 2. The van der Waals surface area contributed by atoms with Crippen LogP contribution in [0.1, 0.15) is 72.0 Å². The van der Waals surface area contributed by atoms with E-state index in [2.05, 4.69) is 0 Å². The van der Waals surface area contributed by atoms with E-state index in [1.807, 2.05) is 0 Å². The van der Waals surface area contributed by atoms with Crippen molar-refractivity contribution in [3.8, 4) is 0 Å². The number of halogens is 10. The third-order valence-electron chi connectivity index (χ3n) is 6.26. The van der Waals surface area contributed by atoms with E-state index in [1.54, 1.807) is 6.92 Å². The van der Waals surface area contributed by atoms with Crippen molar-refractivity contribution >= 4 is 52.2 Å². The lowest BCUT2D eigenvalue weighted by Gasteiger charge is -2.19. The van der Waals surface area contributed by atoms with E-state index in [4.69, 9.17) is 34.8 Å². The van der Waals surface area contributed by atoms with Crippen molar-refractivity contribution in [2.75, 3.05) is 0 Å². The van der Waals surface area contributed by atoms with Crippen LogP contribution in [0.15, 0.2) is 36.4 Å². The second-order valence-corrected chi connectivity index (χ2v) is 10.9. The van der Waals surface area contributed by atoms with Crippen LogP contribution in [0.2, 0.25) is 15.1 Å². The van der Waals surface area contributed by atoms with Crippen LogP contribution < -0.4 is 0 Å². The Morgan fingerprint density at radius 3 is 2.08 bits per heavy atom. The molecule has 0 saturated heterocycles. The van der Waals surface area contributed by atoms with Crippen LogP contribution in [0, 0.1) is 11.8 Å². The number of carbonyl (C=O) groups excluding carboxylic acids is 2. The number of carbonyl (C=O) groups is 2. The summed E-state index contributed by atoms with van der Waals surface area (Å²) in [5.41, 5.74) is -3.65. The van der Waals surface area contributed by atoms with E-state index in [0.717, 1.165) is 37.1 Å². The maximum absolute atomic E-state index is 15.0. The predicted molar refractivity (Wildman–Crippen MR) is 136 cm³/mol. The molecule has 12 heteroatoms. The largest absolute Gasteiger partial charge is 0.417 e. The maximum Gasteiger partial charge on any atom is 0.417 e. The molecular weight excluding hydrogens is 596 g/mol. The fraction of sp³-hybridized carbons (Fsp3) is 0.407. The molecule has 1 aliphatic rings. The van der Waals surface area contributed by atoms with Crippen molar-refractivity contribution < 1.29 is 40.3 Å². The van der Waals surface area contributed by atoms with Gasteiger partial charge in [0.1, 0.15) is 17.5 Å². The van der Waals surface area contributed by atoms with Gasteiger partial charge in [0.25, 0.3) is 0 Å². The number of rotatable bonds is 10. The molecule has 2 aromatic rings. The van der Waals surface area contributed by atoms with Crippen LogP contribution in [0.5, 0.6) is 0 Å². The van der Waals surface area contributed by atoms with Gasteiger partial charge in [-0.15, -0.1) is 0 Å². The number of benzene rings is 2. The molecule has 2 nitrogen and oxygen atoms in total. The lowest BCUT2D eigenvalue weighted by Crippen LogP contribution is -2.19. The fourth-order valence-corrected chi connectivity index (χ4v) is 4.78. The van der Waals surface area contributed by atoms with Gasteiger partial charge in [0, 0.05) is 30.4 Å². The lowest BCUT2D eigenvalue weighted by molar-refractivity contribution is -0.140. The van der Waals surface area contributed by atoms with E-state index < -0.39 is 58.1 Å². The van der Waals surface area contributed by atoms with E-state index in [-0.39, 0.29) is 45.8 Å². The first-order valence-electron chi connectivity index (χ1n) is 11.8. The first-order valence-corrected chi connectivity index (χ1v) is 13.0. The van der Waals surface area contributed by atoms with E-state index >= 15 is 4.39 Å². The molecule has 0 aromatic heterocycles. The Bertz CT molecular complexity index is 1260. The summed E-state index contributed by atoms with van der Waals surface area (Å²) in [5.74, 6) is -5.40. The molecule has 1 fully saturated rings. The van der Waals surface area contributed by atoms with Gasteiger partial charge in [-0.1, -0.05) is 53.9 Å². The summed E-state index contributed by atoms with van der Waals surface area (Å²) < 4.78 is 97.9. The van der Waals surface area contributed by atoms with Crippen molar-refractivity contribution in [1.29, 1.82) is 0 Å². The van der Waals surface area contributed by atoms with E-state index in [0.29, 0.717) is 12.3 Å². The molecule has 39 heavy (non-hydrogen) atoms. The Morgan fingerprint density at radius 2 is 1.56 bits per heavy atom. The summed E-state index contributed by atoms with van der Waals surface area (Å²) in [4.78, 5) is 24.7. The molecule has 0 bridgehead atoms. The minimum atomic E-state index is -5.10. The smallest absolute Gasteiger partial charge is 0.300 e. The highest BCUT2D eigenvalue weighted by atomic mass is 35.5. The third-order valence-corrected chi connectivity index (χ3v) is 7.45. The van der Waals surface area contributed by atoms with Crippen molar-refractivity contribution in [3.05, 3.63) is 73.7 Å². The maximum atomic E-state index is 15.0. The van der Waals surface area contributed by atoms with Crippen LogP contribution in [0.4, 0.5) is 30.7 Å². The van der Waals surface area contributed by atoms with Gasteiger partial charge in [-0.2, -0.15) is 26.3 Å². The van der Waals surface area contributed by atoms with Crippen molar-refractivity contribution in [1.82, 2.24) is 0 Å². The molecular formula is C27H22Cl3F7O2. The van der Waals surface area contributed by atoms with Gasteiger partial charge in [-0.05, 0) is 54.5 Å². The topological polar surface area (TPSA) is 34.1 Å². The Balaban J connectivity index is 1.91. The second-order valence-electron chi connectivity index (χ2n) is 9.71. The Kier molecular flexibility index (Phi) is 9.82. The zero-order valence-corrected chi connectivity index (χ0v) is 22.6. The van der Waals surface area contributed by atoms with Gasteiger partial charge in [-0.25, -0.2) is 4.39 Å². The molecule has 0 heterocycles. The molecule has 2 aromatic carbocycles. The summed E-state index contributed by atoms with van der Waals surface area (Å²) in [6, 6.07) is 3.48. The van der Waals surface area contributed by atoms with E-state index in [1.165, 1.54) is 0 Å². The van der Waals surface area contributed by atoms with Crippen LogP contribution in [-0.4, -0.2) is 17.7 Å². The van der Waals surface area contributed by atoms with Gasteiger partial charge in [0.15, 0.2) is 5.78 Å². The summed E-state index contributed by atoms with van der Waals surface area (Å²) >= 11 is 17.4. The molecule has 0 N–H and O–H groups in total. The van der Waals surface area contributed by atoms with Crippen LogP contribution in [-0.2, 0) is 11.0 Å². The number of allylic oxidation sites excluding steroid dienone is 1. The van der Waals surface area contributed by atoms with E-state index in [9.17, 15) is 35.9 Å². The molecule has 1 aliphatic carbocycles. The van der Waals surface area contributed by atoms with Gasteiger partial charge in [0.2, 0.25) is 0 Å². The second kappa shape index (κ2) is 12.2. The minimum Gasteiger partial charge on any atom is -0.300 e. The molecule has 0 spiro atoms. The van der Waals surface area contributed by atoms with Gasteiger partial charge >= 0.3 is 12.4 Å². The zero-order valence-electron chi connectivity index (χ0n) is 20.3. The van der Waals surface area contributed by atoms with Crippen molar-refractivity contribution in [2.24, 2.45) is 11.8 Å². The fourth-order valence-electron chi connectivity index (χ4n) is 4.16. The van der Waals surface area contributed by atoms with Crippen LogP contribution in [0.25, 0.3) is 5.83 Å². The molecule has 0 aliphatic heterocycles. The molecule has 0 amide bonds. The quantitative estimate of drug-likeness (QED) is 0.151. The van der Waals surface area contributed by atoms with Gasteiger partial charge < -0.3 is 0 Å². The monoisotopic (exact) mass is 616 g/mol. The lowest BCUT2D eigenvalue weighted by atomic mass is 9.90. The number of hydrogen-bond donors (Lipinski definition) is 0. The Morgan fingerprint density at radius 1 is 0.974 bits per heavy atom. The Hall–Kier alpha value is -2.10. The highest BCUT2D eigenvalue weighted by Crippen LogP contribution is 2.43. The summed E-state index contributed by atoms with van der Waals surface area (Å²) in [7, 11) is 0. The van der Waals surface area contributed by atoms with Gasteiger partial charge in [-0.3, -0.25) is 9.59 Å². The first kappa shape index (κ1) is 31.4. The molecule has 1 unspecified atom stereocenters. The average molecular weight is 618 g/mol. The highest BCUT2D eigenvalue weighted by molar-refractivity contribution is 6.48. The number of hydrogen-bond acceptors (Lipinski definition) is 2. The Labute approximate surface area is 235 Å². The summed E-state index contributed by atoms with van der Waals surface area (Å²) in [5, 5.41) is -0.870. The average Bonchev–Trinajstić information content (AvgIpc) is 3.62. The van der Waals surface area contributed by atoms with Crippen LogP contribution in [0.3, 0.4) is 0 Å². The normalized spacial score (nSPS) is 16.2. The van der Waals surface area contributed by atoms with Crippen LogP contribution >= 0.6 is 34.8 Å². The summed E-state index contributed by atoms with van der Waals surface area (Å²) in [6.07, 6.45) is -8.10. The highest BCUT2D eigenvalue weighted by Gasteiger charge is 2.41. The molecule has 3 rings (SSSR count). The number of alkyl halides is 6. The molecule has 212 valence electrons. The molecule has 0 radical (unpaired) electrons. The minimum absolute atomic E-state index is 0.0383.